The quantitative estimate of drug-likeness (QED) is 0.319. The minimum absolute atomic E-state index is 0.0666. The van der Waals surface area contributed by atoms with E-state index in [2.05, 4.69) is 20.3 Å². The third-order valence-corrected chi connectivity index (χ3v) is 6.38. The molecular weight excluding hydrogens is 440 g/mol. The molecule has 0 radical (unpaired) electrons. The van der Waals surface area contributed by atoms with Crippen LogP contribution in [0.2, 0.25) is 0 Å². The highest BCUT2D eigenvalue weighted by molar-refractivity contribution is 8.01. The van der Waals surface area contributed by atoms with Crippen molar-refractivity contribution in [3.8, 4) is 5.75 Å². The Kier molecular flexibility index (Phi) is 8.22. The number of nitrogens with one attached hydrogen (secondary N) is 1. The van der Waals surface area contributed by atoms with Crippen LogP contribution in [0.1, 0.15) is 6.92 Å². The Morgan fingerprint density at radius 1 is 1.31 bits per heavy atom. The van der Waals surface area contributed by atoms with Gasteiger partial charge in [0.15, 0.2) is 4.34 Å². The zero-order valence-electron chi connectivity index (χ0n) is 15.9. The van der Waals surface area contributed by atoms with Crippen molar-refractivity contribution in [2.75, 3.05) is 41.9 Å². The van der Waals surface area contributed by atoms with Crippen LogP contribution in [0, 0.1) is 0 Å². The molecule has 10 nitrogen and oxygen atoms in total. The molecule has 2 aromatic rings. The number of anilines is 2. The summed E-state index contributed by atoms with van der Waals surface area (Å²) in [5, 5.41) is 10.4. The van der Waals surface area contributed by atoms with Crippen LogP contribution < -0.4 is 14.4 Å². The largest absolute Gasteiger partial charge is 0.494 e. The summed E-state index contributed by atoms with van der Waals surface area (Å²) in [5.74, 6) is -0.431. The zero-order chi connectivity index (χ0) is 21.4. The molecule has 0 aliphatic carbocycles. The van der Waals surface area contributed by atoms with Gasteiger partial charge in [-0.25, -0.2) is 8.42 Å². The highest BCUT2D eigenvalue weighted by atomic mass is 32.2. The third kappa shape index (κ3) is 7.18. The van der Waals surface area contributed by atoms with Crippen molar-refractivity contribution in [3.05, 3.63) is 24.3 Å². The Bertz CT molecular complexity index is 963. The van der Waals surface area contributed by atoms with Gasteiger partial charge in [0.1, 0.15) is 12.3 Å². The van der Waals surface area contributed by atoms with Gasteiger partial charge in [0.2, 0.25) is 21.1 Å². The van der Waals surface area contributed by atoms with Crippen LogP contribution in [-0.4, -0.2) is 62.8 Å². The monoisotopic (exact) mass is 460 g/mol. The average Bonchev–Trinajstić information content (AvgIpc) is 3.11. The van der Waals surface area contributed by atoms with Gasteiger partial charge in [-0.1, -0.05) is 29.2 Å². The van der Waals surface area contributed by atoms with Crippen molar-refractivity contribution >= 4 is 55.8 Å². The number of aromatic nitrogens is 2. The average molecular weight is 461 g/mol. The van der Waals surface area contributed by atoms with Crippen LogP contribution in [0.3, 0.4) is 0 Å². The van der Waals surface area contributed by atoms with Gasteiger partial charge in [-0.05, 0) is 19.1 Å². The van der Waals surface area contributed by atoms with E-state index in [4.69, 9.17) is 4.74 Å². The number of thioether (sulfide) groups is 1. The van der Waals surface area contributed by atoms with Crippen LogP contribution in [-0.2, 0) is 24.3 Å². The second-order valence-corrected chi connectivity index (χ2v) is 9.59. The summed E-state index contributed by atoms with van der Waals surface area (Å²) in [5.41, 5.74) is 0.306. The van der Waals surface area contributed by atoms with Crippen LogP contribution >= 0.6 is 23.1 Å². The van der Waals surface area contributed by atoms with E-state index in [-0.39, 0.29) is 10.9 Å². The van der Waals surface area contributed by atoms with Crippen molar-refractivity contribution in [1.29, 1.82) is 0 Å². The van der Waals surface area contributed by atoms with Gasteiger partial charge in [0.05, 0.1) is 31.4 Å². The predicted octanol–water partition coefficient (Wildman–Crippen LogP) is 1.61. The Labute approximate surface area is 176 Å². The van der Waals surface area contributed by atoms with Gasteiger partial charge in [-0.3, -0.25) is 19.2 Å². The summed E-state index contributed by atoms with van der Waals surface area (Å²) in [7, 11) is -2.44. The lowest BCUT2D eigenvalue weighted by Crippen LogP contribution is -2.37. The molecule has 2 rings (SSSR count). The summed E-state index contributed by atoms with van der Waals surface area (Å²) < 4.78 is 35.8. The number of nitrogens with zero attached hydrogens (tertiary/aromatic N) is 3. The summed E-state index contributed by atoms with van der Waals surface area (Å²) in [6.45, 7) is 1.79. The molecule has 1 amide bonds. The van der Waals surface area contributed by atoms with E-state index in [0.717, 1.165) is 33.7 Å². The van der Waals surface area contributed by atoms with Crippen molar-refractivity contribution in [2.24, 2.45) is 0 Å². The van der Waals surface area contributed by atoms with Crippen LogP contribution in [0.15, 0.2) is 28.6 Å². The Balaban J connectivity index is 2.07. The van der Waals surface area contributed by atoms with Crippen molar-refractivity contribution in [1.82, 2.24) is 10.2 Å². The number of hydrogen-bond acceptors (Lipinski definition) is 10. The number of ether oxygens (including phenoxy) is 2. The lowest BCUT2D eigenvalue weighted by atomic mass is 10.3. The van der Waals surface area contributed by atoms with E-state index in [0.29, 0.717) is 22.4 Å². The highest BCUT2D eigenvalue weighted by Gasteiger charge is 2.22. The Morgan fingerprint density at radius 3 is 2.72 bits per heavy atom. The zero-order valence-corrected chi connectivity index (χ0v) is 18.4. The van der Waals surface area contributed by atoms with Crippen molar-refractivity contribution in [3.63, 3.8) is 0 Å². The number of carbonyl (C=O) groups is 2. The van der Waals surface area contributed by atoms with Gasteiger partial charge in [-0.2, -0.15) is 0 Å². The number of carbonyl (C=O) groups excluding carboxylic acids is 2. The van der Waals surface area contributed by atoms with Crippen LogP contribution in [0.5, 0.6) is 5.75 Å². The molecule has 0 aliphatic heterocycles. The normalized spacial score (nSPS) is 11.0. The number of amides is 1. The fraction of sp³-hybridized carbons (Fsp3) is 0.375. The predicted molar refractivity (Wildman–Crippen MR) is 111 cm³/mol. The second-order valence-electron chi connectivity index (χ2n) is 5.49. The minimum Gasteiger partial charge on any atom is -0.494 e. The van der Waals surface area contributed by atoms with E-state index in [1.807, 2.05) is 6.92 Å². The molecule has 1 aromatic carbocycles. The van der Waals surface area contributed by atoms with E-state index in [1.165, 1.54) is 7.11 Å². The molecule has 0 aliphatic rings. The third-order valence-electron chi connectivity index (χ3n) is 3.30. The molecule has 1 aromatic heterocycles. The van der Waals surface area contributed by atoms with Gasteiger partial charge >= 0.3 is 5.97 Å². The number of rotatable bonds is 10. The Hall–Kier alpha value is -2.38. The van der Waals surface area contributed by atoms with Gasteiger partial charge < -0.3 is 9.47 Å². The first-order valence-corrected chi connectivity index (χ1v) is 11.9. The van der Waals surface area contributed by atoms with Gasteiger partial charge in [0, 0.05) is 6.07 Å². The molecule has 0 atom stereocenters. The van der Waals surface area contributed by atoms with Gasteiger partial charge in [0.25, 0.3) is 0 Å². The van der Waals surface area contributed by atoms with Crippen LogP contribution in [0.4, 0.5) is 10.8 Å². The number of sulfonamides is 1. The maximum Gasteiger partial charge on any atom is 0.316 e. The maximum absolute atomic E-state index is 12.4. The maximum atomic E-state index is 12.4. The van der Waals surface area contributed by atoms with Crippen molar-refractivity contribution in [2.45, 2.75) is 11.3 Å². The highest BCUT2D eigenvalue weighted by Crippen LogP contribution is 2.26. The standard InChI is InChI=1S/C16H20N4O6S3/c1-4-26-12-7-5-6-11(8-12)20(29(3,23)24)9-13(21)17-15-18-19-16(28-15)27-10-14(22)25-2/h5-8H,4,9-10H2,1-3H3,(H,17,18,21). The lowest BCUT2D eigenvalue weighted by molar-refractivity contribution is -0.137. The first kappa shape index (κ1) is 22.9. The fourth-order valence-corrected chi connectivity index (χ4v) is 4.53. The fourth-order valence-electron chi connectivity index (χ4n) is 2.08. The molecule has 1 N–H and O–H groups in total. The van der Waals surface area contributed by atoms with E-state index < -0.39 is 28.4 Å². The van der Waals surface area contributed by atoms with E-state index in [1.54, 1.807) is 24.3 Å². The Morgan fingerprint density at radius 2 is 2.07 bits per heavy atom. The molecule has 0 bridgehead atoms. The first-order chi connectivity index (χ1) is 13.7. The van der Waals surface area contributed by atoms with Gasteiger partial charge in [-0.15, -0.1) is 10.2 Å². The number of methoxy groups -OCH3 is 1. The second kappa shape index (κ2) is 10.4. The summed E-state index contributed by atoms with van der Waals surface area (Å²) in [4.78, 5) is 23.5. The topological polar surface area (TPSA) is 128 Å². The molecule has 0 saturated carbocycles. The summed E-state index contributed by atoms with van der Waals surface area (Å²) >= 11 is 2.19. The molecule has 158 valence electrons. The summed E-state index contributed by atoms with van der Waals surface area (Å²) in [6, 6.07) is 6.46. The molecule has 1 heterocycles. The lowest BCUT2D eigenvalue weighted by Gasteiger charge is -2.22. The van der Waals surface area contributed by atoms with Crippen molar-refractivity contribution < 1.29 is 27.5 Å². The first-order valence-electron chi connectivity index (χ1n) is 8.26. The van der Waals surface area contributed by atoms with E-state index >= 15 is 0 Å². The molecule has 13 heteroatoms. The number of hydrogen-bond donors (Lipinski definition) is 1. The number of esters is 1. The smallest absolute Gasteiger partial charge is 0.316 e. The molecule has 0 fully saturated rings. The minimum atomic E-state index is -3.72. The molecular formula is C16H20N4O6S3. The molecule has 29 heavy (non-hydrogen) atoms. The molecule has 0 saturated heterocycles. The van der Waals surface area contributed by atoms with E-state index in [9.17, 15) is 18.0 Å². The molecule has 0 spiro atoms. The van der Waals surface area contributed by atoms with Crippen LogP contribution in [0.25, 0.3) is 0 Å². The summed E-state index contributed by atoms with van der Waals surface area (Å²) in [6.07, 6.45) is 1.01. The number of benzene rings is 1. The molecule has 0 unspecified atom stereocenters. The SMILES string of the molecule is CCOc1cccc(N(CC(=O)Nc2nnc(SCC(=O)OC)s2)S(C)(=O)=O)c1.